The average molecular weight is 380 g/mol. The summed E-state index contributed by atoms with van der Waals surface area (Å²) < 4.78 is 45.5. The van der Waals surface area contributed by atoms with Crippen LogP contribution in [0.25, 0.3) is 0 Å². The van der Waals surface area contributed by atoms with Crippen LogP contribution in [0.1, 0.15) is 24.5 Å². The van der Waals surface area contributed by atoms with Crippen molar-refractivity contribution in [3.63, 3.8) is 0 Å². The summed E-state index contributed by atoms with van der Waals surface area (Å²) in [5.41, 5.74) is 0.223. The molecule has 21 heavy (non-hydrogen) atoms. The van der Waals surface area contributed by atoms with E-state index in [-0.39, 0.29) is 22.1 Å². The van der Waals surface area contributed by atoms with Crippen LogP contribution in [0.5, 0.6) is 11.5 Å². The molecule has 0 aliphatic heterocycles. The van der Waals surface area contributed by atoms with Gasteiger partial charge in [0.25, 0.3) is 6.43 Å². The number of ether oxygens (including phenoxy) is 1. The van der Waals surface area contributed by atoms with Crippen LogP contribution in [0.15, 0.2) is 34.8 Å². The number of aryl methyl sites for hydroxylation is 1. The molecule has 2 aromatic rings. The third-order valence-electron chi connectivity index (χ3n) is 2.88. The first-order valence-electron chi connectivity index (χ1n) is 6.15. The number of alkyl halides is 2. The normalized spacial score (nSPS) is 11.0. The molecular formula is C15H11BrClF3O. The van der Waals surface area contributed by atoms with Gasteiger partial charge >= 0.3 is 0 Å². The maximum absolute atomic E-state index is 14.2. The summed E-state index contributed by atoms with van der Waals surface area (Å²) in [5, 5.41) is 0.0864. The van der Waals surface area contributed by atoms with E-state index in [2.05, 4.69) is 15.9 Å². The highest BCUT2D eigenvalue weighted by Crippen LogP contribution is 2.36. The van der Waals surface area contributed by atoms with Gasteiger partial charge < -0.3 is 4.74 Å². The fraction of sp³-hybridized carbons (Fsp3) is 0.200. The molecule has 0 atom stereocenters. The lowest BCUT2D eigenvalue weighted by atomic mass is 10.1. The van der Waals surface area contributed by atoms with Crippen molar-refractivity contribution in [2.75, 3.05) is 0 Å². The summed E-state index contributed by atoms with van der Waals surface area (Å²) in [5.74, 6) is -0.647. The van der Waals surface area contributed by atoms with Crippen molar-refractivity contribution in [3.8, 4) is 11.5 Å². The van der Waals surface area contributed by atoms with Gasteiger partial charge in [-0.2, -0.15) is 0 Å². The van der Waals surface area contributed by atoms with E-state index in [9.17, 15) is 13.2 Å². The van der Waals surface area contributed by atoms with Gasteiger partial charge in [0.2, 0.25) is 0 Å². The molecule has 0 bridgehead atoms. The molecule has 2 rings (SSSR count). The molecule has 0 N–H and O–H groups in total. The summed E-state index contributed by atoms with van der Waals surface area (Å²) in [7, 11) is 0. The van der Waals surface area contributed by atoms with E-state index in [0.29, 0.717) is 16.5 Å². The van der Waals surface area contributed by atoms with Crippen molar-refractivity contribution in [1.82, 2.24) is 0 Å². The van der Waals surface area contributed by atoms with Crippen molar-refractivity contribution in [2.45, 2.75) is 19.8 Å². The maximum Gasteiger partial charge on any atom is 0.264 e. The molecule has 2 aromatic carbocycles. The quantitative estimate of drug-likeness (QED) is 0.586. The molecule has 0 fully saturated rings. The second kappa shape index (κ2) is 6.71. The predicted octanol–water partition coefficient (Wildman–Crippen LogP) is 6.53. The van der Waals surface area contributed by atoms with Crippen LogP contribution in [0.2, 0.25) is 5.02 Å². The van der Waals surface area contributed by atoms with Crippen molar-refractivity contribution in [3.05, 3.63) is 56.8 Å². The van der Waals surface area contributed by atoms with Gasteiger partial charge in [0, 0.05) is 10.0 Å². The monoisotopic (exact) mass is 378 g/mol. The van der Waals surface area contributed by atoms with E-state index in [4.69, 9.17) is 16.3 Å². The number of halogens is 5. The fourth-order valence-corrected chi connectivity index (χ4v) is 2.50. The van der Waals surface area contributed by atoms with Crippen molar-refractivity contribution in [2.24, 2.45) is 0 Å². The fourth-order valence-electron chi connectivity index (χ4n) is 1.83. The molecule has 0 saturated heterocycles. The van der Waals surface area contributed by atoms with Crippen molar-refractivity contribution in [1.29, 1.82) is 0 Å². The van der Waals surface area contributed by atoms with E-state index < -0.39 is 12.2 Å². The van der Waals surface area contributed by atoms with E-state index >= 15 is 0 Å². The van der Waals surface area contributed by atoms with Crippen LogP contribution in [0, 0.1) is 5.82 Å². The standard InChI is InChI=1S/C15H11BrClF3O/c1-2-8-3-4-12(17)14(13(8)18)21-11-6-9(15(19)20)5-10(16)7-11/h3-7,15H,2H2,1H3. The van der Waals surface area contributed by atoms with E-state index in [0.717, 1.165) is 6.07 Å². The Kier molecular flexibility index (Phi) is 5.17. The van der Waals surface area contributed by atoms with Gasteiger partial charge in [-0.15, -0.1) is 0 Å². The smallest absolute Gasteiger partial charge is 0.264 e. The lowest BCUT2D eigenvalue weighted by Gasteiger charge is -2.12. The molecular weight excluding hydrogens is 369 g/mol. The topological polar surface area (TPSA) is 9.23 Å². The first-order valence-corrected chi connectivity index (χ1v) is 7.32. The molecule has 0 radical (unpaired) electrons. The Labute approximate surface area is 133 Å². The van der Waals surface area contributed by atoms with Crippen LogP contribution < -0.4 is 4.74 Å². The molecule has 6 heteroatoms. The molecule has 112 valence electrons. The van der Waals surface area contributed by atoms with Gasteiger partial charge in [-0.1, -0.05) is 40.5 Å². The van der Waals surface area contributed by atoms with E-state index in [1.807, 2.05) is 0 Å². The molecule has 0 heterocycles. The second-order valence-corrected chi connectivity index (χ2v) is 5.65. The summed E-state index contributed by atoms with van der Waals surface area (Å²) in [6.45, 7) is 1.80. The lowest BCUT2D eigenvalue weighted by molar-refractivity contribution is 0.151. The summed E-state index contributed by atoms with van der Waals surface area (Å²) >= 11 is 9.05. The molecule has 0 aliphatic rings. The van der Waals surface area contributed by atoms with Gasteiger partial charge in [-0.3, -0.25) is 0 Å². The van der Waals surface area contributed by atoms with Gasteiger partial charge in [0.1, 0.15) is 5.75 Å². The van der Waals surface area contributed by atoms with Gasteiger partial charge in [-0.25, -0.2) is 13.2 Å². The van der Waals surface area contributed by atoms with E-state index in [1.165, 1.54) is 18.2 Å². The molecule has 0 aromatic heterocycles. The summed E-state index contributed by atoms with van der Waals surface area (Å²) in [4.78, 5) is 0. The Balaban J connectivity index is 2.43. The van der Waals surface area contributed by atoms with Gasteiger partial charge in [0.15, 0.2) is 11.6 Å². The Morgan fingerprint density at radius 2 is 1.95 bits per heavy atom. The first kappa shape index (κ1) is 16.2. The van der Waals surface area contributed by atoms with Crippen molar-refractivity contribution >= 4 is 27.5 Å². The summed E-state index contributed by atoms with van der Waals surface area (Å²) in [6, 6.07) is 6.99. The number of hydrogen-bond donors (Lipinski definition) is 0. The highest BCUT2D eigenvalue weighted by atomic mass is 79.9. The number of hydrogen-bond acceptors (Lipinski definition) is 1. The zero-order valence-corrected chi connectivity index (χ0v) is 13.3. The summed E-state index contributed by atoms with van der Waals surface area (Å²) in [6.07, 6.45) is -2.17. The third kappa shape index (κ3) is 3.71. The van der Waals surface area contributed by atoms with Gasteiger partial charge in [0.05, 0.1) is 5.02 Å². The number of benzene rings is 2. The zero-order valence-electron chi connectivity index (χ0n) is 11.0. The average Bonchev–Trinajstić information content (AvgIpc) is 2.43. The van der Waals surface area contributed by atoms with Crippen molar-refractivity contribution < 1.29 is 17.9 Å². The first-order chi connectivity index (χ1) is 9.92. The number of rotatable bonds is 4. The Morgan fingerprint density at radius 3 is 2.57 bits per heavy atom. The second-order valence-electron chi connectivity index (χ2n) is 4.33. The molecule has 0 aliphatic carbocycles. The van der Waals surface area contributed by atoms with E-state index in [1.54, 1.807) is 13.0 Å². The van der Waals surface area contributed by atoms with Crippen LogP contribution >= 0.6 is 27.5 Å². The minimum Gasteiger partial charge on any atom is -0.453 e. The molecule has 0 saturated carbocycles. The van der Waals surface area contributed by atoms with Crippen LogP contribution in [0.3, 0.4) is 0 Å². The molecule has 1 nitrogen and oxygen atoms in total. The molecule has 0 amide bonds. The Hall–Kier alpha value is -1.20. The SMILES string of the molecule is CCc1ccc(Cl)c(Oc2cc(Br)cc(C(F)F)c2)c1F. The Morgan fingerprint density at radius 1 is 1.24 bits per heavy atom. The molecule has 0 unspecified atom stereocenters. The predicted molar refractivity (Wildman–Crippen MR) is 80.0 cm³/mol. The van der Waals surface area contributed by atoms with Crippen LogP contribution in [-0.4, -0.2) is 0 Å². The minimum absolute atomic E-state index is 0.0864. The largest absolute Gasteiger partial charge is 0.453 e. The molecule has 0 spiro atoms. The lowest BCUT2D eigenvalue weighted by Crippen LogP contribution is -1.96. The van der Waals surface area contributed by atoms with Crippen LogP contribution in [0.4, 0.5) is 13.2 Å². The highest BCUT2D eigenvalue weighted by Gasteiger charge is 2.16. The van der Waals surface area contributed by atoms with Gasteiger partial charge in [-0.05, 0) is 36.2 Å². The maximum atomic E-state index is 14.2. The minimum atomic E-state index is -2.65. The Bertz CT molecular complexity index is 662. The van der Waals surface area contributed by atoms with Crippen LogP contribution in [-0.2, 0) is 6.42 Å². The zero-order chi connectivity index (χ0) is 15.6. The highest BCUT2D eigenvalue weighted by molar-refractivity contribution is 9.10. The third-order valence-corrected chi connectivity index (χ3v) is 3.63.